The van der Waals surface area contributed by atoms with Gasteiger partial charge in [-0.3, -0.25) is 9.69 Å². The molecule has 3 N–H and O–H groups in total. The summed E-state index contributed by atoms with van der Waals surface area (Å²) >= 11 is 0. The summed E-state index contributed by atoms with van der Waals surface area (Å²) in [5.41, 5.74) is 5.45. The van der Waals surface area contributed by atoms with Crippen LogP contribution in [-0.4, -0.2) is 68.1 Å². The van der Waals surface area contributed by atoms with E-state index in [2.05, 4.69) is 0 Å². The first-order valence-corrected chi connectivity index (χ1v) is 4.84. The third-order valence-electron chi connectivity index (χ3n) is 2.67. The number of methoxy groups -OCH3 is 2. The molecule has 0 spiro atoms. The maximum absolute atomic E-state index is 10.6. The lowest BCUT2D eigenvalue weighted by Gasteiger charge is -2.17. The molecule has 6 nitrogen and oxygen atoms in total. The first kappa shape index (κ1) is 12.4. The van der Waals surface area contributed by atoms with Crippen molar-refractivity contribution in [2.45, 2.75) is 18.2 Å². The molecule has 0 aliphatic carbocycles. The summed E-state index contributed by atoms with van der Waals surface area (Å²) in [5.74, 6) is -0.982. The van der Waals surface area contributed by atoms with Crippen molar-refractivity contribution in [3.05, 3.63) is 0 Å². The van der Waals surface area contributed by atoms with Crippen LogP contribution in [0.3, 0.4) is 0 Å². The van der Waals surface area contributed by atoms with Crippen LogP contribution in [0.4, 0.5) is 0 Å². The Kier molecular flexibility index (Phi) is 4.46. The van der Waals surface area contributed by atoms with Crippen LogP contribution in [0.2, 0.25) is 0 Å². The number of carboxylic acid groups (broad SMARTS) is 1. The molecular formula is C9H18N2O4. The molecule has 1 rings (SSSR count). The Hall–Kier alpha value is -0.690. The fraction of sp³-hybridized carbons (Fsp3) is 0.889. The van der Waals surface area contributed by atoms with Crippen LogP contribution in [0.1, 0.15) is 0 Å². The molecule has 0 aromatic heterocycles. The van der Waals surface area contributed by atoms with E-state index in [1.54, 1.807) is 14.2 Å². The summed E-state index contributed by atoms with van der Waals surface area (Å²) in [6, 6.07) is -0.849. The summed E-state index contributed by atoms with van der Waals surface area (Å²) < 4.78 is 10.5. The molecule has 0 aromatic rings. The van der Waals surface area contributed by atoms with Crippen LogP contribution < -0.4 is 5.73 Å². The van der Waals surface area contributed by atoms with E-state index < -0.39 is 12.0 Å². The summed E-state index contributed by atoms with van der Waals surface area (Å²) in [5, 5.41) is 8.67. The number of likely N-dealkylation sites (tertiary alicyclic amines) is 1. The number of carbonyl (C=O) groups is 1. The Labute approximate surface area is 88.9 Å². The van der Waals surface area contributed by atoms with Crippen molar-refractivity contribution in [3.8, 4) is 0 Å². The van der Waals surface area contributed by atoms with Crippen LogP contribution in [-0.2, 0) is 14.3 Å². The molecule has 15 heavy (non-hydrogen) atoms. The average Bonchev–Trinajstić information content (AvgIpc) is 2.59. The first-order valence-electron chi connectivity index (χ1n) is 4.84. The fourth-order valence-electron chi connectivity index (χ4n) is 1.78. The predicted molar refractivity (Wildman–Crippen MR) is 53.6 cm³/mol. The van der Waals surface area contributed by atoms with E-state index in [9.17, 15) is 4.79 Å². The van der Waals surface area contributed by atoms with E-state index in [4.69, 9.17) is 20.3 Å². The monoisotopic (exact) mass is 218 g/mol. The van der Waals surface area contributed by atoms with Crippen molar-refractivity contribution in [2.24, 2.45) is 5.73 Å². The van der Waals surface area contributed by atoms with E-state index in [0.717, 1.165) is 0 Å². The van der Waals surface area contributed by atoms with Crippen molar-refractivity contribution in [2.75, 3.05) is 33.9 Å². The zero-order valence-electron chi connectivity index (χ0n) is 9.05. The molecule has 1 aliphatic rings. The van der Waals surface area contributed by atoms with Crippen LogP contribution in [0.25, 0.3) is 0 Å². The maximum Gasteiger partial charge on any atom is 0.321 e. The molecule has 1 saturated heterocycles. The Morgan fingerprint density at radius 1 is 1.47 bits per heavy atom. The second-order valence-electron chi connectivity index (χ2n) is 3.71. The standard InChI is InChI=1S/C9H18N2O4/c1-14-7-4-11(5-8(7)15-2)3-6(10)9(12)13/h6-8H,3-5,10H2,1-2H3,(H,12,13). The van der Waals surface area contributed by atoms with Gasteiger partial charge in [0.2, 0.25) is 0 Å². The highest BCUT2D eigenvalue weighted by Crippen LogP contribution is 2.15. The van der Waals surface area contributed by atoms with Gasteiger partial charge < -0.3 is 20.3 Å². The Bertz CT molecular complexity index is 212. The lowest BCUT2D eigenvalue weighted by atomic mass is 10.3. The lowest BCUT2D eigenvalue weighted by Crippen LogP contribution is -2.42. The number of ether oxygens (including phenoxy) is 2. The molecule has 1 fully saturated rings. The average molecular weight is 218 g/mol. The molecule has 0 radical (unpaired) electrons. The number of aliphatic carboxylic acids is 1. The Morgan fingerprint density at radius 2 is 1.93 bits per heavy atom. The van der Waals surface area contributed by atoms with Crippen LogP contribution in [0.5, 0.6) is 0 Å². The molecule has 3 unspecified atom stereocenters. The third kappa shape index (κ3) is 3.13. The van der Waals surface area contributed by atoms with Gasteiger partial charge in [-0.25, -0.2) is 0 Å². The highest BCUT2D eigenvalue weighted by atomic mass is 16.5. The van der Waals surface area contributed by atoms with Gasteiger partial charge in [0.05, 0.1) is 12.2 Å². The maximum atomic E-state index is 10.6. The van der Waals surface area contributed by atoms with Gasteiger partial charge in [-0.1, -0.05) is 0 Å². The Morgan fingerprint density at radius 3 is 2.27 bits per heavy atom. The van der Waals surface area contributed by atoms with Crippen molar-refractivity contribution < 1.29 is 19.4 Å². The smallest absolute Gasteiger partial charge is 0.321 e. The van der Waals surface area contributed by atoms with Gasteiger partial charge in [-0.15, -0.1) is 0 Å². The summed E-state index contributed by atoms with van der Waals surface area (Å²) in [6.07, 6.45) is -0.00742. The molecular weight excluding hydrogens is 200 g/mol. The normalized spacial score (nSPS) is 29.3. The number of nitrogens with zero attached hydrogens (tertiary/aromatic N) is 1. The summed E-state index contributed by atoms with van der Waals surface area (Å²) in [6.45, 7) is 1.65. The minimum Gasteiger partial charge on any atom is -0.480 e. The molecule has 0 aromatic carbocycles. The Balaban J connectivity index is 2.43. The van der Waals surface area contributed by atoms with E-state index in [-0.39, 0.29) is 12.2 Å². The second kappa shape index (κ2) is 5.41. The van der Waals surface area contributed by atoms with Gasteiger partial charge in [-0.2, -0.15) is 0 Å². The van der Waals surface area contributed by atoms with Gasteiger partial charge in [0.15, 0.2) is 0 Å². The zero-order valence-corrected chi connectivity index (χ0v) is 9.05. The van der Waals surface area contributed by atoms with E-state index >= 15 is 0 Å². The van der Waals surface area contributed by atoms with E-state index in [1.165, 1.54) is 0 Å². The number of nitrogens with two attached hydrogens (primary N) is 1. The zero-order chi connectivity index (χ0) is 11.4. The van der Waals surface area contributed by atoms with Crippen molar-refractivity contribution in [1.29, 1.82) is 0 Å². The minimum absolute atomic E-state index is 0.00371. The summed E-state index contributed by atoms with van der Waals surface area (Å²) in [7, 11) is 3.24. The van der Waals surface area contributed by atoms with Gasteiger partial charge >= 0.3 is 5.97 Å². The van der Waals surface area contributed by atoms with Crippen LogP contribution in [0, 0.1) is 0 Å². The molecule has 1 aliphatic heterocycles. The number of hydrogen-bond acceptors (Lipinski definition) is 5. The largest absolute Gasteiger partial charge is 0.480 e. The van der Waals surface area contributed by atoms with E-state index in [1.807, 2.05) is 4.90 Å². The number of hydrogen-bond donors (Lipinski definition) is 2. The lowest BCUT2D eigenvalue weighted by molar-refractivity contribution is -0.138. The van der Waals surface area contributed by atoms with Gasteiger partial charge in [0, 0.05) is 33.9 Å². The van der Waals surface area contributed by atoms with Crippen molar-refractivity contribution in [1.82, 2.24) is 4.90 Å². The first-order chi connectivity index (χ1) is 7.08. The fourth-order valence-corrected chi connectivity index (χ4v) is 1.78. The molecule has 1 heterocycles. The highest BCUT2D eigenvalue weighted by molar-refractivity contribution is 5.73. The van der Waals surface area contributed by atoms with Gasteiger partial charge in [-0.05, 0) is 0 Å². The quantitative estimate of drug-likeness (QED) is 0.599. The van der Waals surface area contributed by atoms with Gasteiger partial charge in [0.1, 0.15) is 6.04 Å². The second-order valence-corrected chi connectivity index (χ2v) is 3.71. The predicted octanol–water partition coefficient (Wildman–Crippen LogP) is -1.26. The number of carboxylic acids is 1. The van der Waals surface area contributed by atoms with Crippen LogP contribution >= 0.6 is 0 Å². The highest BCUT2D eigenvalue weighted by Gasteiger charge is 2.34. The summed E-state index contributed by atoms with van der Waals surface area (Å²) in [4.78, 5) is 12.5. The van der Waals surface area contributed by atoms with Gasteiger partial charge in [0.25, 0.3) is 0 Å². The van der Waals surface area contributed by atoms with Crippen molar-refractivity contribution in [3.63, 3.8) is 0 Å². The number of rotatable bonds is 5. The van der Waals surface area contributed by atoms with E-state index in [0.29, 0.717) is 19.6 Å². The topological polar surface area (TPSA) is 85.0 Å². The third-order valence-corrected chi connectivity index (χ3v) is 2.67. The molecule has 0 amide bonds. The molecule has 0 saturated carbocycles. The molecule has 6 heteroatoms. The minimum atomic E-state index is -0.982. The van der Waals surface area contributed by atoms with Crippen molar-refractivity contribution >= 4 is 5.97 Å². The SMILES string of the molecule is COC1CN(CC(N)C(=O)O)CC1OC. The molecule has 0 bridgehead atoms. The molecule has 88 valence electrons. The molecule has 3 atom stereocenters. The van der Waals surface area contributed by atoms with Crippen LogP contribution in [0.15, 0.2) is 0 Å².